The number of nitrogens with zero attached hydrogens (tertiary/aromatic N) is 1. The second-order valence-corrected chi connectivity index (χ2v) is 3.64. The minimum atomic E-state index is -1.16. The first-order valence-corrected chi connectivity index (χ1v) is 5.23. The number of carbonyl (C=O) groups excluding carboxylic acids is 1. The molecule has 2 rings (SSSR count). The summed E-state index contributed by atoms with van der Waals surface area (Å²) in [6, 6.07) is 4.30. The Kier molecular flexibility index (Phi) is 3.50. The van der Waals surface area contributed by atoms with Crippen molar-refractivity contribution in [2.45, 2.75) is 0 Å². The Morgan fingerprint density at radius 1 is 1.26 bits per heavy atom. The van der Waals surface area contributed by atoms with Crippen LogP contribution in [0.3, 0.4) is 0 Å². The van der Waals surface area contributed by atoms with Gasteiger partial charge in [-0.2, -0.15) is 0 Å². The van der Waals surface area contributed by atoms with Crippen molar-refractivity contribution in [1.82, 2.24) is 4.98 Å². The lowest BCUT2D eigenvalue weighted by Gasteiger charge is -2.08. The third-order valence-corrected chi connectivity index (χ3v) is 2.47. The molecule has 0 aliphatic carbocycles. The van der Waals surface area contributed by atoms with Crippen molar-refractivity contribution in [3.8, 4) is 11.3 Å². The maximum Gasteiger partial charge on any atom is 0.340 e. The Hall–Kier alpha value is -2.37. The molecule has 1 aromatic carbocycles. The Balaban J connectivity index is 2.68. The topological polar surface area (TPSA) is 39.2 Å². The Morgan fingerprint density at radius 2 is 2.00 bits per heavy atom. The summed E-state index contributed by atoms with van der Waals surface area (Å²) in [6.07, 6.45) is 0.812. The molecule has 0 atom stereocenters. The maximum atomic E-state index is 13.7. The van der Waals surface area contributed by atoms with Gasteiger partial charge in [0.15, 0.2) is 11.6 Å². The van der Waals surface area contributed by atoms with Crippen molar-refractivity contribution >= 4 is 5.97 Å². The van der Waals surface area contributed by atoms with Gasteiger partial charge in [-0.3, -0.25) is 4.98 Å². The molecule has 0 aliphatic heterocycles. The van der Waals surface area contributed by atoms with E-state index >= 15 is 0 Å². The van der Waals surface area contributed by atoms with E-state index in [0.29, 0.717) is 0 Å². The molecule has 1 heterocycles. The van der Waals surface area contributed by atoms with Gasteiger partial charge in [0.1, 0.15) is 5.82 Å². The van der Waals surface area contributed by atoms with Crippen molar-refractivity contribution in [3.63, 3.8) is 0 Å². The lowest BCUT2D eigenvalue weighted by molar-refractivity contribution is 0.0600. The molecule has 0 N–H and O–H groups in total. The number of hydrogen-bond donors (Lipinski definition) is 0. The van der Waals surface area contributed by atoms with Crippen LogP contribution in [0.5, 0.6) is 0 Å². The Morgan fingerprint density at radius 3 is 2.68 bits per heavy atom. The zero-order chi connectivity index (χ0) is 14.0. The number of aromatic nitrogens is 1. The van der Waals surface area contributed by atoms with Gasteiger partial charge in [0, 0.05) is 5.56 Å². The standard InChI is InChI=1S/C13H8F3NO2/c1-19-13(18)9-5-7(14)6-17-12(9)8-3-2-4-10(15)11(8)16/h2-6H,1H3. The number of esters is 1. The normalized spacial score (nSPS) is 10.3. The van der Waals surface area contributed by atoms with E-state index in [-0.39, 0.29) is 16.8 Å². The van der Waals surface area contributed by atoms with Gasteiger partial charge < -0.3 is 4.74 Å². The number of carbonyl (C=O) groups is 1. The molecule has 0 amide bonds. The Labute approximate surface area is 106 Å². The average molecular weight is 267 g/mol. The average Bonchev–Trinajstić information content (AvgIpc) is 2.41. The predicted octanol–water partition coefficient (Wildman–Crippen LogP) is 2.95. The summed E-state index contributed by atoms with van der Waals surface area (Å²) in [5, 5.41) is 0. The number of hydrogen-bond acceptors (Lipinski definition) is 3. The van der Waals surface area contributed by atoms with Gasteiger partial charge in [-0.15, -0.1) is 0 Å². The van der Waals surface area contributed by atoms with Gasteiger partial charge in [0.2, 0.25) is 0 Å². The zero-order valence-corrected chi connectivity index (χ0v) is 9.78. The van der Waals surface area contributed by atoms with Gasteiger partial charge >= 0.3 is 5.97 Å². The molecular weight excluding hydrogens is 259 g/mol. The quantitative estimate of drug-likeness (QED) is 0.785. The van der Waals surface area contributed by atoms with Crippen LogP contribution in [0.2, 0.25) is 0 Å². The molecule has 0 bridgehead atoms. The molecule has 6 heteroatoms. The van der Waals surface area contributed by atoms with Crippen molar-refractivity contribution in [3.05, 3.63) is 53.5 Å². The first-order chi connectivity index (χ1) is 9.04. The van der Waals surface area contributed by atoms with Crippen LogP contribution in [0, 0.1) is 17.5 Å². The third-order valence-electron chi connectivity index (χ3n) is 2.47. The number of pyridine rings is 1. The highest BCUT2D eigenvalue weighted by Crippen LogP contribution is 2.26. The molecule has 98 valence electrons. The molecule has 0 aliphatic rings. The highest BCUT2D eigenvalue weighted by Gasteiger charge is 2.20. The molecule has 2 aromatic rings. The fraction of sp³-hybridized carbons (Fsp3) is 0.0769. The second kappa shape index (κ2) is 5.09. The van der Waals surface area contributed by atoms with Crippen LogP contribution in [0.25, 0.3) is 11.3 Å². The lowest BCUT2D eigenvalue weighted by Crippen LogP contribution is -2.07. The highest BCUT2D eigenvalue weighted by atomic mass is 19.2. The van der Waals surface area contributed by atoms with E-state index in [1.165, 1.54) is 12.1 Å². The van der Waals surface area contributed by atoms with E-state index in [0.717, 1.165) is 25.4 Å². The smallest absolute Gasteiger partial charge is 0.340 e. The van der Waals surface area contributed by atoms with Gasteiger partial charge in [-0.1, -0.05) is 6.07 Å². The minimum Gasteiger partial charge on any atom is -0.465 e. The molecule has 19 heavy (non-hydrogen) atoms. The van der Waals surface area contributed by atoms with Crippen molar-refractivity contribution in [1.29, 1.82) is 0 Å². The predicted molar refractivity (Wildman–Crippen MR) is 60.9 cm³/mol. The van der Waals surface area contributed by atoms with Crippen LogP contribution in [0.4, 0.5) is 13.2 Å². The molecule has 0 unspecified atom stereocenters. The van der Waals surface area contributed by atoms with E-state index in [9.17, 15) is 18.0 Å². The number of ether oxygens (including phenoxy) is 1. The van der Waals surface area contributed by atoms with Crippen molar-refractivity contribution in [2.75, 3.05) is 7.11 Å². The summed E-state index contributed by atoms with van der Waals surface area (Å²) >= 11 is 0. The first kappa shape index (κ1) is 13.1. The molecular formula is C13H8F3NO2. The number of methoxy groups -OCH3 is 1. The summed E-state index contributed by atoms with van der Waals surface area (Å²) in [4.78, 5) is 15.1. The van der Waals surface area contributed by atoms with E-state index in [2.05, 4.69) is 9.72 Å². The molecule has 0 saturated carbocycles. The van der Waals surface area contributed by atoms with Gasteiger partial charge in [-0.25, -0.2) is 18.0 Å². The van der Waals surface area contributed by atoms with E-state index < -0.39 is 23.4 Å². The van der Waals surface area contributed by atoms with Crippen molar-refractivity contribution < 1.29 is 22.7 Å². The van der Waals surface area contributed by atoms with Crippen LogP contribution in [-0.4, -0.2) is 18.1 Å². The SMILES string of the molecule is COC(=O)c1cc(F)cnc1-c1cccc(F)c1F. The molecule has 3 nitrogen and oxygen atoms in total. The second-order valence-electron chi connectivity index (χ2n) is 3.64. The summed E-state index contributed by atoms with van der Waals surface area (Å²) in [6.45, 7) is 0. The molecule has 0 fully saturated rings. The number of benzene rings is 1. The third kappa shape index (κ3) is 2.42. The largest absolute Gasteiger partial charge is 0.465 e. The minimum absolute atomic E-state index is 0.176. The van der Waals surface area contributed by atoms with Crippen LogP contribution in [0.1, 0.15) is 10.4 Å². The maximum absolute atomic E-state index is 13.7. The van der Waals surface area contributed by atoms with Crippen LogP contribution < -0.4 is 0 Å². The highest BCUT2D eigenvalue weighted by molar-refractivity contribution is 5.96. The van der Waals surface area contributed by atoms with Crippen LogP contribution >= 0.6 is 0 Å². The van der Waals surface area contributed by atoms with E-state index in [1.54, 1.807) is 0 Å². The molecule has 0 saturated heterocycles. The van der Waals surface area contributed by atoms with Crippen molar-refractivity contribution in [2.24, 2.45) is 0 Å². The molecule has 1 aromatic heterocycles. The van der Waals surface area contributed by atoms with Gasteiger partial charge in [-0.05, 0) is 18.2 Å². The van der Waals surface area contributed by atoms with Crippen LogP contribution in [-0.2, 0) is 4.74 Å². The zero-order valence-electron chi connectivity index (χ0n) is 9.78. The molecule has 0 radical (unpaired) electrons. The Bertz CT molecular complexity index is 644. The van der Waals surface area contributed by atoms with E-state index in [4.69, 9.17) is 0 Å². The first-order valence-electron chi connectivity index (χ1n) is 5.23. The summed E-state index contributed by atoms with van der Waals surface area (Å²) in [5.74, 6) is -3.90. The summed E-state index contributed by atoms with van der Waals surface area (Å²) in [5.41, 5.74) is -0.683. The fourth-order valence-electron chi connectivity index (χ4n) is 1.61. The fourth-order valence-corrected chi connectivity index (χ4v) is 1.61. The van der Waals surface area contributed by atoms with Crippen LogP contribution in [0.15, 0.2) is 30.5 Å². The summed E-state index contributed by atoms with van der Waals surface area (Å²) in [7, 11) is 1.10. The molecule has 0 spiro atoms. The number of rotatable bonds is 2. The van der Waals surface area contributed by atoms with E-state index in [1.807, 2.05) is 0 Å². The monoisotopic (exact) mass is 267 g/mol. The van der Waals surface area contributed by atoms with Gasteiger partial charge in [0.25, 0.3) is 0 Å². The summed E-state index contributed by atoms with van der Waals surface area (Å²) < 4.78 is 44.4. The lowest BCUT2D eigenvalue weighted by atomic mass is 10.0. The van der Waals surface area contributed by atoms with Gasteiger partial charge in [0.05, 0.1) is 24.6 Å². The number of halogens is 3.